The molecule has 0 saturated carbocycles. The second-order valence-electron chi connectivity index (χ2n) is 16.7. The molecular formula is C54H45NOS2. The van der Waals surface area contributed by atoms with E-state index in [1.165, 1.54) is 75.4 Å². The van der Waals surface area contributed by atoms with Gasteiger partial charge in [0.25, 0.3) is 0 Å². The van der Waals surface area contributed by atoms with Crippen LogP contribution in [0.4, 0.5) is 5.69 Å². The maximum Gasteiger partial charge on any atom is 0.114 e. The molecule has 6 aliphatic carbocycles. The number of hydrogen-bond donors (Lipinski definition) is 0. The predicted octanol–water partition coefficient (Wildman–Crippen LogP) is 14.5. The highest BCUT2D eigenvalue weighted by Crippen LogP contribution is 2.50. The Kier molecular flexibility index (Phi) is 8.51. The first kappa shape index (κ1) is 34.7. The summed E-state index contributed by atoms with van der Waals surface area (Å²) < 4.78 is 9.36. The Balaban J connectivity index is 0.853. The van der Waals surface area contributed by atoms with Gasteiger partial charge in [0.15, 0.2) is 0 Å². The monoisotopic (exact) mass is 787 g/mol. The number of benzene rings is 3. The fourth-order valence-electron chi connectivity index (χ4n) is 10.4. The Morgan fingerprint density at radius 3 is 2.34 bits per heavy atom. The lowest BCUT2D eigenvalue weighted by Gasteiger charge is -2.36. The van der Waals surface area contributed by atoms with Crippen LogP contribution in [0.5, 0.6) is 0 Å². The lowest BCUT2D eigenvalue weighted by molar-refractivity contribution is 0.453. The van der Waals surface area contributed by atoms with Gasteiger partial charge in [0.2, 0.25) is 0 Å². The lowest BCUT2D eigenvalue weighted by atomic mass is 9.80. The van der Waals surface area contributed by atoms with Gasteiger partial charge in [0.1, 0.15) is 11.5 Å². The molecule has 0 saturated heterocycles. The van der Waals surface area contributed by atoms with Crippen LogP contribution in [-0.2, 0) is 12.8 Å². The fourth-order valence-corrected chi connectivity index (χ4v) is 13.1. The third-order valence-corrected chi connectivity index (χ3v) is 15.9. The average Bonchev–Trinajstić information content (AvgIpc) is 3.98. The molecule has 0 fully saturated rings. The van der Waals surface area contributed by atoms with Gasteiger partial charge in [-0.2, -0.15) is 0 Å². The molecule has 284 valence electrons. The summed E-state index contributed by atoms with van der Waals surface area (Å²) in [6, 6.07) is 22.9. The molecule has 2 nitrogen and oxygen atoms in total. The first-order chi connectivity index (χ1) is 28.7. The maximum absolute atomic E-state index is 6.63. The first-order valence-electron chi connectivity index (χ1n) is 21.3. The van der Waals surface area contributed by atoms with Crippen LogP contribution in [0.15, 0.2) is 172 Å². The number of rotatable bonds is 6. The molecule has 5 aromatic rings. The highest BCUT2D eigenvalue weighted by Gasteiger charge is 2.34. The van der Waals surface area contributed by atoms with Crippen molar-refractivity contribution in [3.8, 4) is 0 Å². The number of hydrogen-bond acceptors (Lipinski definition) is 4. The van der Waals surface area contributed by atoms with Crippen LogP contribution in [0.3, 0.4) is 0 Å². The number of allylic oxidation sites excluding steroid dienone is 15. The molecule has 3 aromatic carbocycles. The van der Waals surface area contributed by atoms with Crippen LogP contribution in [0.1, 0.15) is 71.8 Å². The SMILES string of the molecule is C1=CC(c2cccc3c2sc2c(N(C4=CCC(C5=CCC(C6=CC7Sc8ccccc8C7C=C6)C=C5)C=C4)C4C=Cc5c(oc6c5C=CCC6)C4)cccc23)=CCC1. The zero-order chi connectivity index (χ0) is 38.2. The quantitative estimate of drug-likeness (QED) is 0.171. The van der Waals surface area contributed by atoms with Crippen molar-refractivity contribution in [3.63, 3.8) is 0 Å². The van der Waals surface area contributed by atoms with Gasteiger partial charge >= 0.3 is 0 Å². The minimum Gasteiger partial charge on any atom is -0.465 e. The number of anilines is 1. The molecule has 0 radical (unpaired) electrons. The molecule has 5 unspecified atom stereocenters. The molecular weight excluding hydrogens is 743 g/mol. The Labute approximate surface area is 349 Å². The molecule has 12 rings (SSSR count). The van der Waals surface area contributed by atoms with Gasteiger partial charge in [-0.1, -0.05) is 140 Å². The molecule has 1 aliphatic heterocycles. The van der Waals surface area contributed by atoms with E-state index in [-0.39, 0.29) is 6.04 Å². The first-order valence-corrected chi connectivity index (χ1v) is 22.9. The van der Waals surface area contributed by atoms with Crippen molar-refractivity contribution >= 4 is 66.7 Å². The predicted molar refractivity (Wildman–Crippen MR) is 247 cm³/mol. The van der Waals surface area contributed by atoms with Crippen molar-refractivity contribution in [1.29, 1.82) is 0 Å². The molecule has 0 bridgehead atoms. The second-order valence-corrected chi connectivity index (χ2v) is 18.9. The van der Waals surface area contributed by atoms with Gasteiger partial charge in [0.05, 0.1) is 16.4 Å². The number of nitrogens with zero attached hydrogens (tertiary/aromatic N) is 1. The van der Waals surface area contributed by atoms with Gasteiger partial charge < -0.3 is 9.32 Å². The summed E-state index contributed by atoms with van der Waals surface area (Å²) in [6.45, 7) is 0. The summed E-state index contributed by atoms with van der Waals surface area (Å²) in [5.74, 6) is 3.59. The Bertz CT molecular complexity index is 2840. The van der Waals surface area contributed by atoms with E-state index in [9.17, 15) is 0 Å². The minimum atomic E-state index is 0.132. The molecule has 0 spiro atoms. The number of aryl methyl sites for hydroxylation is 1. The van der Waals surface area contributed by atoms with Gasteiger partial charge in [-0.15, -0.1) is 23.1 Å². The van der Waals surface area contributed by atoms with E-state index in [2.05, 4.69) is 163 Å². The second kappa shape index (κ2) is 14.2. The summed E-state index contributed by atoms with van der Waals surface area (Å²) in [4.78, 5) is 4.06. The number of thiophene rings is 1. The van der Waals surface area contributed by atoms with E-state index in [1.54, 1.807) is 0 Å². The molecule has 2 aromatic heterocycles. The highest BCUT2D eigenvalue weighted by atomic mass is 32.2. The van der Waals surface area contributed by atoms with Crippen molar-refractivity contribution < 1.29 is 4.42 Å². The summed E-state index contributed by atoms with van der Waals surface area (Å²) in [5.41, 5.74) is 12.2. The van der Waals surface area contributed by atoms with Crippen LogP contribution in [-0.4, -0.2) is 11.3 Å². The van der Waals surface area contributed by atoms with Crippen molar-refractivity contribution in [2.75, 3.05) is 4.90 Å². The summed E-state index contributed by atoms with van der Waals surface area (Å²) >= 11 is 3.99. The van der Waals surface area contributed by atoms with Crippen LogP contribution < -0.4 is 4.90 Å². The van der Waals surface area contributed by atoms with Crippen molar-refractivity contribution in [2.45, 2.75) is 67.1 Å². The minimum absolute atomic E-state index is 0.132. The lowest BCUT2D eigenvalue weighted by Crippen LogP contribution is -2.36. The Morgan fingerprint density at radius 1 is 0.638 bits per heavy atom. The highest BCUT2D eigenvalue weighted by molar-refractivity contribution is 8.00. The normalized spacial score (nSPS) is 25.2. The van der Waals surface area contributed by atoms with E-state index >= 15 is 0 Å². The maximum atomic E-state index is 6.63. The average molecular weight is 788 g/mol. The fraction of sp³-hybridized carbons (Fsp3) is 0.222. The topological polar surface area (TPSA) is 16.4 Å². The molecule has 5 atom stereocenters. The third-order valence-electron chi connectivity index (χ3n) is 13.3. The number of furan rings is 1. The zero-order valence-corrected chi connectivity index (χ0v) is 34.2. The van der Waals surface area contributed by atoms with E-state index < -0.39 is 0 Å². The molecule has 4 heteroatoms. The van der Waals surface area contributed by atoms with E-state index in [4.69, 9.17) is 4.42 Å². The molecule has 7 aliphatic rings. The number of thioether (sulfide) groups is 1. The largest absolute Gasteiger partial charge is 0.465 e. The van der Waals surface area contributed by atoms with Gasteiger partial charge in [-0.25, -0.2) is 0 Å². The summed E-state index contributed by atoms with van der Waals surface area (Å²) in [6.07, 6.45) is 45.7. The van der Waals surface area contributed by atoms with Crippen LogP contribution in [0.2, 0.25) is 0 Å². The Hall–Kier alpha value is -5.29. The van der Waals surface area contributed by atoms with Gasteiger partial charge in [0, 0.05) is 73.0 Å². The van der Waals surface area contributed by atoms with Crippen LogP contribution in [0.25, 0.3) is 37.9 Å². The van der Waals surface area contributed by atoms with Crippen molar-refractivity contribution in [2.24, 2.45) is 11.8 Å². The van der Waals surface area contributed by atoms with E-state index in [0.717, 1.165) is 56.5 Å². The standard InChI is InChI=1S/C54H45NOS2/c1-2-10-37(11-3-1)41-14-8-15-46-47-16-9-17-48(54(47)58-53(41)46)55(40-29-31-43-42-12-4-6-18-49(42)56-50(43)33-40)39-27-24-35(25-28-39)34-20-22-36(23-21-34)38-26-30-45-44-13-5-7-19-51(44)57-52(45)32-38/h2,4-5,7-17,19-22,24,26-32,35-36,40,45,52H,1,3,6,18,23,25,33H2. The third kappa shape index (κ3) is 5.82. The van der Waals surface area contributed by atoms with E-state index in [0.29, 0.717) is 23.0 Å². The Morgan fingerprint density at radius 2 is 1.47 bits per heavy atom. The van der Waals surface area contributed by atoms with Gasteiger partial charge in [-0.05, 0) is 78.2 Å². The van der Waals surface area contributed by atoms with Crippen LogP contribution in [0, 0.1) is 11.8 Å². The van der Waals surface area contributed by atoms with Crippen molar-refractivity contribution in [3.05, 3.63) is 196 Å². The van der Waals surface area contributed by atoms with Crippen molar-refractivity contribution in [1.82, 2.24) is 0 Å². The van der Waals surface area contributed by atoms with Crippen LogP contribution >= 0.6 is 23.1 Å². The molecule has 58 heavy (non-hydrogen) atoms. The summed E-state index contributed by atoms with van der Waals surface area (Å²) in [5, 5.41) is 3.19. The zero-order valence-electron chi connectivity index (χ0n) is 32.5. The molecule has 0 N–H and O–H groups in total. The smallest absolute Gasteiger partial charge is 0.114 e. The van der Waals surface area contributed by atoms with E-state index in [1.807, 2.05) is 23.1 Å². The summed E-state index contributed by atoms with van der Waals surface area (Å²) in [7, 11) is 0. The van der Waals surface area contributed by atoms with Gasteiger partial charge in [-0.3, -0.25) is 0 Å². The molecule has 3 heterocycles. The number of fused-ring (bicyclic) bond motifs is 9. The molecule has 0 amide bonds.